The van der Waals surface area contributed by atoms with Crippen LogP contribution in [0.25, 0.3) is 0 Å². The number of benzene rings is 2. The normalized spacial score (nSPS) is 16.9. The van der Waals surface area contributed by atoms with E-state index in [2.05, 4.69) is 0 Å². The molecule has 0 saturated carbocycles. The number of hydrogen-bond acceptors (Lipinski definition) is 6. The van der Waals surface area contributed by atoms with Gasteiger partial charge in [0.15, 0.2) is 0 Å². The molecule has 8 nitrogen and oxygen atoms in total. The molecular formula is C30H38N2O6. The lowest BCUT2D eigenvalue weighted by Crippen LogP contribution is -2.38. The Morgan fingerprint density at radius 3 is 2.11 bits per heavy atom. The summed E-state index contributed by atoms with van der Waals surface area (Å²) in [7, 11) is 1.58. The molecule has 0 spiro atoms. The van der Waals surface area contributed by atoms with E-state index in [-0.39, 0.29) is 30.7 Å². The molecule has 38 heavy (non-hydrogen) atoms. The van der Waals surface area contributed by atoms with Gasteiger partial charge in [0, 0.05) is 25.1 Å². The second kappa shape index (κ2) is 11.7. The summed E-state index contributed by atoms with van der Waals surface area (Å²) in [5, 5.41) is 0. The highest BCUT2D eigenvalue weighted by molar-refractivity contribution is 5.94. The number of anilines is 1. The van der Waals surface area contributed by atoms with E-state index in [4.69, 9.17) is 14.2 Å². The second-order valence-electron chi connectivity index (χ2n) is 11.3. The molecule has 1 fully saturated rings. The van der Waals surface area contributed by atoms with Crippen LogP contribution >= 0.6 is 0 Å². The fourth-order valence-corrected chi connectivity index (χ4v) is 4.17. The van der Waals surface area contributed by atoms with Gasteiger partial charge >= 0.3 is 12.2 Å². The Hall–Kier alpha value is -3.81. The molecule has 1 aliphatic heterocycles. The number of nitrogens with zero attached hydrogens (tertiary/aromatic N) is 2. The zero-order valence-corrected chi connectivity index (χ0v) is 23.3. The van der Waals surface area contributed by atoms with Gasteiger partial charge in [-0.25, -0.2) is 14.5 Å². The van der Waals surface area contributed by atoms with E-state index >= 15 is 0 Å². The number of imide groups is 1. The van der Waals surface area contributed by atoms with E-state index in [1.807, 2.05) is 57.2 Å². The first-order valence-electron chi connectivity index (χ1n) is 12.7. The van der Waals surface area contributed by atoms with Gasteiger partial charge in [0.2, 0.25) is 5.91 Å². The van der Waals surface area contributed by atoms with Gasteiger partial charge < -0.3 is 14.2 Å². The highest BCUT2D eigenvalue weighted by Gasteiger charge is 2.39. The number of amides is 3. The smallest absolute Gasteiger partial charge is 0.418 e. The molecule has 204 valence electrons. The number of likely N-dealkylation sites (tertiary alicyclic amines) is 1. The number of ether oxygens (including phenoxy) is 3. The van der Waals surface area contributed by atoms with Crippen molar-refractivity contribution in [1.82, 2.24) is 4.90 Å². The van der Waals surface area contributed by atoms with Crippen LogP contribution in [0.3, 0.4) is 0 Å². The van der Waals surface area contributed by atoms with Gasteiger partial charge in [0.05, 0.1) is 12.8 Å². The minimum Gasteiger partial charge on any atom is -0.497 e. The van der Waals surface area contributed by atoms with Crippen LogP contribution in [0.2, 0.25) is 0 Å². The molecule has 0 N–H and O–H groups in total. The SMILES string of the molecule is COc1ccc(N(/C=C/[C@H](c2ccccc2)[C@H]2CC(=O)N(C(=O)OC(C)(C)C)C2)C(=O)OC(C)(C)C)cc1. The summed E-state index contributed by atoms with van der Waals surface area (Å²) < 4.78 is 16.4. The fraction of sp³-hybridized carbons (Fsp3) is 0.433. The summed E-state index contributed by atoms with van der Waals surface area (Å²) >= 11 is 0. The lowest BCUT2D eigenvalue weighted by molar-refractivity contribution is -0.127. The average Bonchev–Trinajstić information content (AvgIpc) is 3.21. The van der Waals surface area contributed by atoms with Crippen molar-refractivity contribution in [3.63, 3.8) is 0 Å². The maximum atomic E-state index is 13.2. The Morgan fingerprint density at radius 2 is 1.55 bits per heavy atom. The van der Waals surface area contributed by atoms with Crippen LogP contribution in [0.1, 0.15) is 59.4 Å². The largest absolute Gasteiger partial charge is 0.497 e. The van der Waals surface area contributed by atoms with Gasteiger partial charge in [-0.05, 0) is 77.3 Å². The molecule has 1 aliphatic rings. The molecule has 0 bridgehead atoms. The van der Waals surface area contributed by atoms with Gasteiger partial charge in [-0.2, -0.15) is 0 Å². The maximum absolute atomic E-state index is 13.2. The number of rotatable bonds is 6. The first-order valence-corrected chi connectivity index (χ1v) is 12.7. The molecule has 2 aromatic carbocycles. The van der Waals surface area contributed by atoms with E-state index < -0.39 is 23.4 Å². The number of carbonyl (C=O) groups is 3. The summed E-state index contributed by atoms with van der Waals surface area (Å²) in [5.74, 6) is -0.0748. The Kier molecular flexibility index (Phi) is 8.86. The van der Waals surface area contributed by atoms with Crippen molar-refractivity contribution in [3.05, 3.63) is 72.4 Å². The number of allylic oxidation sites excluding steroid dienone is 1. The summed E-state index contributed by atoms with van der Waals surface area (Å²) in [6.07, 6.45) is 2.56. The van der Waals surface area contributed by atoms with E-state index in [0.29, 0.717) is 11.4 Å². The van der Waals surface area contributed by atoms with Crippen LogP contribution in [-0.4, -0.2) is 47.9 Å². The highest BCUT2D eigenvalue weighted by atomic mass is 16.6. The van der Waals surface area contributed by atoms with Crippen LogP contribution in [0, 0.1) is 5.92 Å². The number of carbonyl (C=O) groups excluding carboxylic acids is 3. The van der Waals surface area contributed by atoms with Crippen LogP contribution in [-0.2, 0) is 14.3 Å². The van der Waals surface area contributed by atoms with Gasteiger partial charge in [-0.15, -0.1) is 0 Å². The second-order valence-corrected chi connectivity index (χ2v) is 11.3. The average molecular weight is 523 g/mol. The van der Waals surface area contributed by atoms with Crippen LogP contribution < -0.4 is 9.64 Å². The molecule has 3 rings (SSSR count). The number of hydrogen-bond donors (Lipinski definition) is 0. The zero-order chi connectivity index (χ0) is 28.1. The molecule has 0 radical (unpaired) electrons. The van der Waals surface area contributed by atoms with Crippen molar-refractivity contribution in [2.75, 3.05) is 18.6 Å². The first kappa shape index (κ1) is 28.8. The molecule has 8 heteroatoms. The van der Waals surface area contributed by atoms with Crippen molar-refractivity contribution in [2.45, 2.75) is 65.1 Å². The predicted octanol–water partition coefficient (Wildman–Crippen LogP) is 6.52. The van der Waals surface area contributed by atoms with Crippen molar-refractivity contribution < 1.29 is 28.6 Å². The minimum absolute atomic E-state index is 0.179. The molecule has 0 unspecified atom stereocenters. The third kappa shape index (κ3) is 7.84. The van der Waals surface area contributed by atoms with Crippen LogP contribution in [0.4, 0.5) is 15.3 Å². The lowest BCUT2D eigenvalue weighted by Gasteiger charge is -2.27. The fourth-order valence-electron chi connectivity index (χ4n) is 4.17. The molecule has 1 heterocycles. The quantitative estimate of drug-likeness (QED) is 0.429. The van der Waals surface area contributed by atoms with E-state index in [9.17, 15) is 14.4 Å². The summed E-state index contributed by atoms with van der Waals surface area (Å²) in [6, 6.07) is 16.8. The Bertz CT molecular complexity index is 1150. The van der Waals surface area contributed by atoms with Crippen LogP contribution in [0.15, 0.2) is 66.9 Å². The third-order valence-corrected chi connectivity index (χ3v) is 5.84. The zero-order valence-electron chi connectivity index (χ0n) is 23.3. The van der Waals surface area contributed by atoms with Crippen molar-refractivity contribution in [1.29, 1.82) is 0 Å². The predicted molar refractivity (Wildman–Crippen MR) is 146 cm³/mol. The van der Waals surface area contributed by atoms with Crippen molar-refractivity contribution >= 4 is 23.8 Å². The highest BCUT2D eigenvalue weighted by Crippen LogP contribution is 2.35. The first-order chi connectivity index (χ1) is 17.8. The molecule has 2 atom stereocenters. The molecule has 1 saturated heterocycles. The Morgan fingerprint density at radius 1 is 0.947 bits per heavy atom. The van der Waals surface area contributed by atoms with Gasteiger partial charge in [-0.1, -0.05) is 36.4 Å². The van der Waals surface area contributed by atoms with E-state index in [1.165, 1.54) is 9.80 Å². The summed E-state index contributed by atoms with van der Waals surface area (Å²) in [5.41, 5.74) is 0.160. The summed E-state index contributed by atoms with van der Waals surface area (Å²) in [6.45, 7) is 10.9. The maximum Gasteiger partial charge on any atom is 0.418 e. The minimum atomic E-state index is -0.708. The van der Waals surface area contributed by atoms with E-state index in [1.54, 1.807) is 58.3 Å². The number of methoxy groups -OCH3 is 1. The van der Waals surface area contributed by atoms with Crippen LogP contribution in [0.5, 0.6) is 5.75 Å². The van der Waals surface area contributed by atoms with Crippen molar-refractivity contribution in [3.8, 4) is 5.75 Å². The Labute approximate surface area is 225 Å². The molecule has 0 aliphatic carbocycles. The third-order valence-electron chi connectivity index (χ3n) is 5.84. The van der Waals surface area contributed by atoms with Crippen molar-refractivity contribution in [2.24, 2.45) is 5.92 Å². The van der Waals surface area contributed by atoms with Gasteiger partial charge in [0.25, 0.3) is 0 Å². The molecule has 2 aromatic rings. The molecule has 0 aromatic heterocycles. The topological polar surface area (TPSA) is 85.4 Å². The molecule has 3 amide bonds. The van der Waals surface area contributed by atoms with Gasteiger partial charge in [0.1, 0.15) is 17.0 Å². The standard InChI is InChI=1S/C30H38N2O6/c1-29(2,3)37-27(34)31(23-13-15-24(36-7)16-14-23)18-17-25(21-11-9-8-10-12-21)22-19-26(33)32(20-22)28(35)38-30(4,5)6/h8-18,22,25H,19-20H2,1-7H3/b18-17+/t22-,25+/m0/s1. The van der Waals surface area contributed by atoms with E-state index in [0.717, 1.165) is 5.56 Å². The Balaban J connectivity index is 1.94. The summed E-state index contributed by atoms with van der Waals surface area (Å²) in [4.78, 5) is 41.3. The lowest BCUT2D eigenvalue weighted by atomic mass is 9.85. The van der Waals surface area contributed by atoms with Gasteiger partial charge in [-0.3, -0.25) is 9.69 Å². The molecular weight excluding hydrogens is 484 g/mol. The monoisotopic (exact) mass is 522 g/mol.